The minimum Gasteiger partial charge on any atom is -0.437 e. The van der Waals surface area contributed by atoms with E-state index in [2.05, 4.69) is 249 Å². The van der Waals surface area contributed by atoms with Gasteiger partial charge in [0.05, 0.1) is 33.5 Å². The lowest BCUT2D eigenvalue weighted by Gasteiger charge is -2.08. The van der Waals surface area contributed by atoms with Crippen LogP contribution >= 0.6 is 0 Å². The molecule has 20 aromatic rings. The molecule has 0 radical (unpaired) electrons. The van der Waals surface area contributed by atoms with Gasteiger partial charge < -0.3 is 17.7 Å². The minimum atomic E-state index is 0.642. The number of furan rings is 4. The molecule has 0 aliphatic heterocycles. The van der Waals surface area contributed by atoms with Crippen molar-refractivity contribution in [3.63, 3.8) is 0 Å². The second-order valence-corrected chi connectivity index (χ2v) is 26.5. The highest BCUT2D eigenvalue weighted by molar-refractivity contribution is 6.12. The Morgan fingerprint density at radius 2 is 0.486 bits per heavy atom. The first-order valence-corrected chi connectivity index (χ1v) is 51.2. The van der Waals surface area contributed by atoms with Crippen molar-refractivity contribution in [3.8, 4) is 90.2 Å². The molecular weight excluding hydrogens is 1730 g/mol. The van der Waals surface area contributed by atoms with Crippen LogP contribution < -0.4 is 18.3 Å². The molecule has 744 valence electrons. The summed E-state index contributed by atoms with van der Waals surface area (Å²) in [4.78, 5) is 46.8. The number of nitrogens with zero attached hydrogens (tertiary/aromatic N) is 15. The third kappa shape index (κ3) is 30.8. The van der Waals surface area contributed by atoms with E-state index in [9.17, 15) is 0 Å². The molecule has 19 nitrogen and oxygen atoms in total. The van der Waals surface area contributed by atoms with E-state index in [1.807, 2.05) is 327 Å². The highest BCUT2D eigenvalue weighted by Gasteiger charge is 2.27. The van der Waals surface area contributed by atoms with Gasteiger partial charge in [0.2, 0.25) is 45.6 Å². The summed E-state index contributed by atoms with van der Waals surface area (Å²) < 4.78 is 33.1. The van der Waals surface area contributed by atoms with Crippen LogP contribution in [-0.4, -0.2) is 54.8 Å². The molecular formula is C121H165N15O4+4. The number of hydrogen-bond donors (Lipinski definition) is 0. The molecule has 140 heavy (non-hydrogen) atoms. The van der Waals surface area contributed by atoms with E-state index in [1.54, 1.807) is 24.8 Å². The third-order valence-electron chi connectivity index (χ3n) is 19.7. The fourth-order valence-corrected chi connectivity index (χ4v) is 14.2. The van der Waals surface area contributed by atoms with Crippen LogP contribution in [0.5, 0.6) is 0 Å². The molecule has 0 amide bonds. The van der Waals surface area contributed by atoms with Crippen LogP contribution in [0.15, 0.2) is 293 Å². The Hall–Kier alpha value is -14.3. The first-order valence-electron chi connectivity index (χ1n) is 51.2. The minimum absolute atomic E-state index is 0.642. The van der Waals surface area contributed by atoms with Gasteiger partial charge in [0, 0.05) is 128 Å². The summed E-state index contributed by atoms with van der Waals surface area (Å²) >= 11 is 0. The lowest BCUT2D eigenvalue weighted by molar-refractivity contribution is -0.660. The van der Waals surface area contributed by atoms with Crippen LogP contribution in [0.3, 0.4) is 0 Å². The van der Waals surface area contributed by atoms with Crippen LogP contribution in [0.25, 0.3) is 178 Å². The molecule has 0 spiro atoms. The number of aromatic nitrogens is 15. The molecule has 0 saturated carbocycles. The second-order valence-electron chi connectivity index (χ2n) is 26.5. The summed E-state index contributed by atoms with van der Waals surface area (Å²) in [7, 11) is 8.16. The monoisotopic (exact) mass is 1890 g/mol. The first-order chi connectivity index (χ1) is 68.9. The SMILES string of the molecule is CC.CC.CC.CC.CC.CC.CC.CC.CC.CC.CC.CC.CC.CC.CC.CC.Cc1ccc2c(oc3ncccc32)c1-c1cc(-c2ccccc2)cc[n+]1C.Cc1ccc2c(oc3ncccc32)c1-c1cc(-c2ccccn2)cc[n+]1C.Cc1ccc2c(oc3ncccc32)c1-c1cc(-c2ncncn2)cc[n+]1C.Cc1ccc2c(oc3ncccc32)c1-c1ccc(-c2ncncn2)c[n+]1C. The van der Waals surface area contributed by atoms with Crippen LogP contribution in [-0.2, 0) is 28.2 Å². The van der Waals surface area contributed by atoms with Gasteiger partial charge in [-0.25, -0.2) is 68.1 Å². The van der Waals surface area contributed by atoms with Crippen molar-refractivity contribution in [2.75, 3.05) is 0 Å². The molecule has 0 fully saturated rings. The van der Waals surface area contributed by atoms with Gasteiger partial charge in [-0.15, -0.1) is 0 Å². The zero-order chi connectivity index (χ0) is 106. The summed E-state index contributed by atoms with van der Waals surface area (Å²) in [5.74, 6) is 1.29. The van der Waals surface area contributed by atoms with E-state index < -0.39 is 0 Å². The fraction of sp³-hybridized carbons (Fsp3) is 0.331. The molecule has 0 aliphatic carbocycles. The van der Waals surface area contributed by atoms with Crippen molar-refractivity contribution in [1.29, 1.82) is 0 Å². The summed E-state index contributed by atoms with van der Waals surface area (Å²) in [6.45, 7) is 72.4. The second kappa shape index (κ2) is 69.5. The molecule has 0 aliphatic rings. The van der Waals surface area contributed by atoms with Gasteiger partial charge in [-0.1, -0.05) is 306 Å². The van der Waals surface area contributed by atoms with Crippen molar-refractivity contribution < 1.29 is 35.9 Å². The van der Waals surface area contributed by atoms with Crippen molar-refractivity contribution in [3.05, 3.63) is 297 Å². The van der Waals surface area contributed by atoms with E-state index in [0.29, 0.717) is 34.5 Å². The van der Waals surface area contributed by atoms with Crippen molar-refractivity contribution in [1.82, 2.24) is 54.8 Å². The number of hydrogen-bond acceptors (Lipinski definition) is 15. The maximum atomic E-state index is 6.19. The molecule has 20 rings (SSSR count). The summed E-state index contributed by atoms with van der Waals surface area (Å²) in [6, 6.07) is 66.1. The van der Waals surface area contributed by atoms with Gasteiger partial charge in [0.1, 0.15) is 53.5 Å². The lowest BCUT2D eigenvalue weighted by atomic mass is 9.98. The zero-order valence-corrected chi connectivity index (χ0v) is 92.3. The highest BCUT2D eigenvalue weighted by atomic mass is 16.4. The highest BCUT2D eigenvalue weighted by Crippen LogP contribution is 2.42. The van der Waals surface area contributed by atoms with E-state index in [1.165, 1.54) is 42.0 Å². The zero-order valence-electron chi connectivity index (χ0n) is 92.3. The van der Waals surface area contributed by atoms with Crippen LogP contribution in [0, 0.1) is 27.7 Å². The van der Waals surface area contributed by atoms with Crippen molar-refractivity contribution >= 4 is 88.3 Å². The fourth-order valence-electron chi connectivity index (χ4n) is 14.2. The van der Waals surface area contributed by atoms with Gasteiger partial charge in [-0.3, -0.25) is 4.98 Å². The Kier molecular flexibility index (Phi) is 61.4. The van der Waals surface area contributed by atoms with E-state index in [0.717, 1.165) is 150 Å². The number of pyridine rings is 9. The van der Waals surface area contributed by atoms with E-state index in [4.69, 9.17) is 17.7 Å². The normalized spacial score (nSPS) is 9.43. The first kappa shape index (κ1) is 124. The van der Waals surface area contributed by atoms with Crippen LogP contribution in [0.1, 0.15) is 244 Å². The Labute approximate surface area is 839 Å². The largest absolute Gasteiger partial charge is 0.437 e. The van der Waals surface area contributed by atoms with Gasteiger partial charge in [-0.05, 0) is 128 Å². The van der Waals surface area contributed by atoms with Crippen molar-refractivity contribution in [2.45, 2.75) is 249 Å². The Morgan fingerprint density at radius 3 is 0.800 bits per heavy atom. The molecule has 0 unspecified atom stereocenters. The lowest BCUT2D eigenvalue weighted by Crippen LogP contribution is -2.31. The Morgan fingerprint density at radius 1 is 0.207 bits per heavy atom. The number of benzene rings is 5. The summed E-state index contributed by atoms with van der Waals surface area (Å²) in [5, 5.41) is 8.45. The molecule has 0 bridgehead atoms. The molecule has 0 atom stereocenters. The number of fused-ring (bicyclic) bond motifs is 12. The van der Waals surface area contributed by atoms with Crippen molar-refractivity contribution in [2.24, 2.45) is 28.2 Å². The quantitative estimate of drug-likeness (QED) is 0.130. The van der Waals surface area contributed by atoms with Gasteiger partial charge in [0.15, 0.2) is 58.8 Å². The molecule has 15 aromatic heterocycles. The molecule has 19 heteroatoms. The maximum absolute atomic E-state index is 6.19. The van der Waals surface area contributed by atoms with Gasteiger partial charge in [0.25, 0.3) is 0 Å². The standard InChI is InChI=1S/C24H19N2O.C23H18N3O.2C21H16N5O.16C2H6/c1-16-10-11-19-20-9-6-13-25-24(20)27-23(19)22(16)21-15-18(12-14-26(21)2)17-7-4-3-5-8-17;1-15-8-9-17-18-6-5-12-25-23(18)27-22(17)21(15)20-14-16(10-13-26(20)2)19-7-3-4-11-24-19;1-13-5-7-15-16-4-3-9-23-21(16)27-19(15)18(13)17-8-6-14(10-26(17)2)20-24-11-22-12-25-20;1-13-5-6-15-16-4-3-8-23-21(16)27-19(15)18(13)17-10-14(7-9-26(17)2)20-24-11-22-12-25-20;16*1-2/h3-15H,1-2H3;3-14H,1-2H3;2*3-12H,1-2H3;16*1-2H3/q4*+1;;;;;;;;;;;;;;;;. The third-order valence-corrected chi connectivity index (χ3v) is 19.7. The topological polar surface area (TPSA) is 210 Å². The molecule has 0 saturated heterocycles. The predicted octanol–water partition coefficient (Wildman–Crippen LogP) is 34.0. The summed E-state index contributed by atoms with van der Waals surface area (Å²) in [6.07, 6.45) is 23.1. The van der Waals surface area contributed by atoms with Gasteiger partial charge in [-0.2, -0.15) is 0 Å². The van der Waals surface area contributed by atoms with Crippen LogP contribution in [0.4, 0.5) is 0 Å². The summed E-state index contributed by atoms with van der Waals surface area (Å²) in [5.41, 5.74) is 25.6. The van der Waals surface area contributed by atoms with Crippen LogP contribution in [0.2, 0.25) is 0 Å². The number of rotatable bonds is 8. The molecule has 15 heterocycles. The smallest absolute Gasteiger partial charge is 0.227 e. The van der Waals surface area contributed by atoms with E-state index >= 15 is 0 Å². The maximum Gasteiger partial charge on any atom is 0.227 e. The average Bonchev–Trinajstić information content (AvgIpc) is 1.54. The Bertz CT molecular complexity index is 6330. The predicted molar refractivity (Wildman–Crippen MR) is 599 cm³/mol. The molecule has 5 aromatic carbocycles. The average molecular weight is 1890 g/mol. The Balaban J connectivity index is 0.000000849. The molecule has 0 N–H and O–H groups in total. The van der Waals surface area contributed by atoms with Gasteiger partial charge >= 0.3 is 0 Å². The van der Waals surface area contributed by atoms with E-state index in [-0.39, 0.29) is 0 Å². The number of aryl methyl sites for hydroxylation is 8.